The van der Waals surface area contributed by atoms with Crippen molar-refractivity contribution in [3.05, 3.63) is 54.7 Å². The maximum atomic E-state index is 5.78. The van der Waals surface area contributed by atoms with Gasteiger partial charge in [-0.05, 0) is 19.1 Å². The predicted molar refractivity (Wildman–Crippen MR) is 98.1 cm³/mol. The number of anilines is 1. The van der Waals surface area contributed by atoms with E-state index in [2.05, 4.69) is 42.4 Å². The van der Waals surface area contributed by atoms with Crippen LogP contribution in [-0.2, 0) is 6.54 Å². The first kappa shape index (κ1) is 15.9. The van der Waals surface area contributed by atoms with Crippen molar-refractivity contribution in [2.24, 2.45) is 0 Å². The molecule has 6 nitrogen and oxygen atoms in total. The zero-order valence-electron chi connectivity index (χ0n) is 14.5. The van der Waals surface area contributed by atoms with Crippen LogP contribution in [0.2, 0.25) is 0 Å². The van der Waals surface area contributed by atoms with E-state index < -0.39 is 0 Å². The lowest BCUT2D eigenvalue weighted by Crippen LogP contribution is -2.46. The van der Waals surface area contributed by atoms with Crippen LogP contribution in [0.25, 0.3) is 5.65 Å². The van der Waals surface area contributed by atoms with Gasteiger partial charge in [0.05, 0.1) is 30.4 Å². The van der Waals surface area contributed by atoms with Crippen molar-refractivity contribution in [2.45, 2.75) is 13.5 Å². The topological polar surface area (TPSA) is 45.9 Å². The number of aromatic nitrogens is 3. The molecule has 0 radical (unpaired) electrons. The van der Waals surface area contributed by atoms with Gasteiger partial charge in [0.2, 0.25) is 0 Å². The zero-order chi connectivity index (χ0) is 17.1. The molecule has 0 bridgehead atoms. The molecular formula is C19H23N5O. The van der Waals surface area contributed by atoms with Gasteiger partial charge < -0.3 is 9.64 Å². The standard InChI is InChI=1S/C19H23N5O/c1-2-25-18-6-4-3-5-17(18)23-11-9-22(10-12-23)15-16-13-21-19-14-20-7-8-24(16)19/h3-8,13-14H,2,9-12,15H2,1H3. The van der Waals surface area contributed by atoms with Crippen molar-refractivity contribution < 1.29 is 4.74 Å². The SMILES string of the molecule is CCOc1ccccc1N1CCN(Cc2cnc3cnccn23)CC1. The highest BCUT2D eigenvalue weighted by molar-refractivity contribution is 5.58. The minimum atomic E-state index is 0.695. The van der Waals surface area contributed by atoms with Gasteiger partial charge in [0.15, 0.2) is 5.65 Å². The van der Waals surface area contributed by atoms with Crippen LogP contribution in [-0.4, -0.2) is 52.1 Å². The van der Waals surface area contributed by atoms with E-state index in [-0.39, 0.29) is 0 Å². The third-order valence-electron chi connectivity index (χ3n) is 4.66. The normalized spacial score (nSPS) is 15.6. The number of imidazole rings is 1. The Balaban J connectivity index is 1.42. The molecule has 4 rings (SSSR count). The molecule has 0 atom stereocenters. The van der Waals surface area contributed by atoms with E-state index in [0.717, 1.165) is 44.1 Å². The fraction of sp³-hybridized carbons (Fsp3) is 0.368. The Morgan fingerprint density at radius 2 is 1.92 bits per heavy atom. The average molecular weight is 337 g/mol. The highest BCUT2D eigenvalue weighted by Gasteiger charge is 2.20. The number of rotatable bonds is 5. The molecule has 0 spiro atoms. The largest absolute Gasteiger partial charge is 0.492 e. The Kier molecular flexibility index (Phi) is 4.52. The second-order valence-corrected chi connectivity index (χ2v) is 6.22. The zero-order valence-corrected chi connectivity index (χ0v) is 14.5. The highest BCUT2D eigenvalue weighted by atomic mass is 16.5. The van der Waals surface area contributed by atoms with Crippen LogP contribution in [0, 0.1) is 0 Å². The van der Waals surface area contributed by atoms with Gasteiger partial charge in [-0.15, -0.1) is 0 Å². The van der Waals surface area contributed by atoms with Crippen molar-refractivity contribution in [2.75, 3.05) is 37.7 Å². The Morgan fingerprint density at radius 1 is 1.08 bits per heavy atom. The van der Waals surface area contributed by atoms with Crippen molar-refractivity contribution in [1.29, 1.82) is 0 Å². The molecule has 0 unspecified atom stereocenters. The first-order chi connectivity index (χ1) is 12.3. The molecule has 6 heteroatoms. The fourth-order valence-corrected chi connectivity index (χ4v) is 3.38. The van der Waals surface area contributed by atoms with E-state index >= 15 is 0 Å². The molecule has 3 aromatic rings. The van der Waals surface area contributed by atoms with Gasteiger partial charge in [0.1, 0.15) is 5.75 Å². The smallest absolute Gasteiger partial charge is 0.155 e. The summed E-state index contributed by atoms with van der Waals surface area (Å²) in [6.45, 7) is 7.69. The maximum Gasteiger partial charge on any atom is 0.155 e. The summed E-state index contributed by atoms with van der Waals surface area (Å²) in [5, 5.41) is 0. The summed E-state index contributed by atoms with van der Waals surface area (Å²) in [7, 11) is 0. The molecule has 0 saturated carbocycles. The van der Waals surface area contributed by atoms with E-state index in [4.69, 9.17) is 4.74 Å². The quantitative estimate of drug-likeness (QED) is 0.716. The lowest BCUT2D eigenvalue weighted by Gasteiger charge is -2.36. The number of benzene rings is 1. The number of para-hydroxylation sites is 2. The summed E-state index contributed by atoms with van der Waals surface area (Å²) in [5.74, 6) is 0.979. The van der Waals surface area contributed by atoms with Gasteiger partial charge in [0, 0.05) is 45.1 Å². The molecule has 130 valence electrons. The van der Waals surface area contributed by atoms with Gasteiger partial charge in [-0.25, -0.2) is 4.98 Å². The summed E-state index contributed by atoms with van der Waals surface area (Å²) in [5.41, 5.74) is 3.31. The Bertz CT molecular complexity index is 838. The Hall–Kier alpha value is -2.60. The summed E-state index contributed by atoms with van der Waals surface area (Å²) < 4.78 is 7.89. The van der Waals surface area contributed by atoms with E-state index in [1.54, 1.807) is 12.4 Å². The number of piperazine rings is 1. The van der Waals surface area contributed by atoms with E-state index in [1.807, 2.05) is 25.4 Å². The summed E-state index contributed by atoms with van der Waals surface area (Å²) in [4.78, 5) is 13.4. The van der Waals surface area contributed by atoms with Crippen LogP contribution in [0.3, 0.4) is 0 Å². The summed E-state index contributed by atoms with van der Waals surface area (Å²) in [6, 6.07) is 8.32. The molecule has 1 saturated heterocycles. The Morgan fingerprint density at radius 3 is 2.76 bits per heavy atom. The predicted octanol–water partition coefficient (Wildman–Crippen LogP) is 2.45. The minimum Gasteiger partial charge on any atom is -0.492 e. The molecule has 2 aromatic heterocycles. The second-order valence-electron chi connectivity index (χ2n) is 6.22. The number of fused-ring (bicyclic) bond motifs is 1. The van der Waals surface area contributed by atoms with Crippen LogP contribution in [0.5, 0.6) is 5.75 Å². The summed E-state index contributed by atoms with van der Waals surface area (Å²) in [6.07, 6.45) is 7.53. The molecule has 3 heterocycles. The van der Waals surface area contributed by atoms with Gasteiger partial charge in [-0.3, -0.25) is 14.3 Å². The first-order valence-electron chi connectivity index (χ1n) is 8.80. The fourth-order valence-electron chi connectivity index (χ4n) is 3.38. The van der Waals surface area contributed by atoms with Gasteiger partial charge in [-0.1, -0.05) is 12.1 Å². The van der Waals surface area contributed by atoms with Crippen LogP contribution in [0.15, 0.2) is 49.1 Å². The van der Waals surface area contributed by atoms with Crippen molar-refractivity contribution >= 4 is 11.3 Å². The van der Waals surface area contributed by atoms with Gasteiger partial charge in [0.25, 0.3) is 0 Å². The van der Waals surface area contributed by atoms with Crippen LogP contribution < -0.4 is 9.64 Å². The van der Waals surface area contributed by atoms with E-state index in [0.29, 0.717) is 6.61 Å². The van der Waals surface area contributed by atoms with E-state index in [1.165, 1.54) is 11.4 Å². The molecule has 1 aromatic carbocycles. The number of hydrogen-bond acceptors (Lipinski definition) is 5. The molecular weight excluding hydrogens is 314 g/mol. The lowest BCUT2D eigenvalue weighted by atomic mass is 10.2. The van der Waals surface area contributed by atoms with E-state index in [9.17, 15) is 0 Å². The molecule has 0 amide bonds. The lowest BCUT2D eigenvalue weighted by molar-refractivity contribution is 0.245. The number of nitrogens with zero attached hydrogens (tertiary/aromatic N) is 5. The van der Waals surface area contributed by atoms with Crippen LogP contribution >= 0.6 is 0 Å². The number of hydrogen-bond donors (Lipinski definition) is 0. The maximum absolute atomic E-state index is 5.78. The van der Waals surface area contributed by atoms with Gasteiger partial charge in [-0.2, -0.15) is 0 Å². The molecule has 25 heavy (non-hydrogen) atoms. The highest BCUT2D eigenvalue weighted by Crippen LogP contribution is 2.29. The average Bonchev–Trinajstić information content (AvgIpc) is 3.06. The molecule has 1 fully saturated rings. The third kappa shape index (κ3) is 3.30. The van der Waals surface area contributed by atoms with Crippen LogP contribution in [0.1, 0.15) is 12.6 Å². The minimum absolute atomic E-state index is 0.695. The van der Waals surface area contributed by atoms with Gasteiger partial charge >= 0.3 is 0 Å². The first-order valence-corrected chi connectivity index (χ1v) is 8.80. The molecule has 1 aliphatic rings. The van der Waals surface area contributed by atoms with Crippen molar-refractivity contribution in [3.8, 4) is 5.75 Å². The third-order valence-corrected chi connectivity index (χ3v) is 4.66. The number of ether oxygens (including phenoxy) is 1. The van der Waals surface area contributed by atoms with Crippen LogP contribution in [0.4, 0.5) is 5.69 Å². The summed E-state index contributed by atoms with van der Waals surface area (Å²) >= 11 is 0. The molecule has 0 aliphatic carbocycles. The molecule has 0 N–H and O–H groups in total. The van der Waals surface area contributed by atoms with Crippen molar-refractivity contribution in [1.82, 2.24) is 19.3 Å². The second kappa shape index (κ2) is 7.11. The monoisotopic (exact) mass is 337 g/mol. The Labute approximate surface area is 147 Å². The molecule has 1 aliphatic heterocycles. The van der Waals surface area contributed by atoms with Crippen molar-refractivity contribution in [3.63, 3.8) is 0 Å².